The predicted molar refractivity (Wildman–Crippen MR) is 74.2 cm³/mol. The molecule has 0 amide bonds. The van der Waals surface area contributed by atoms with Crippen LogP contribution in [0.15, 0.2) is 18.2 Å². The van der Waals surface area contributed by atoms with Gasteiger partial charge < -0.3 is 5.32 Å². The summed E-state index contributed by atoms with van der Waals surface area (Å²) in [6.07, 6.45) is 5.50. The molecule has 1 fully saturated rings. The first-order chi connectivity index (χ1) is 9.24. The van der Waals surface area contributed by atoms with E-state index in [9.17, 15) is 8.78 Å². The van der Waals surface area contributed by atoms with Crippen LogP contribution in [0.5, 0.6) is 0 Å². The van der Waals surface area contributed by atoms with Crippen LogP contribution in [0.2, 0.25) is 0 Å². The Labute approximate surface area is 114 Å². The zero-order valence-corrected chi connectivity index (χ0v) is 11.6. The lowest BCUT2D eigenvalue weighted by Gasteiger charge is -2.32. The monoisotopic (exact) mass is 267 g/mol. The Morgan fingerprint density at radius 2 is 2.00 bits per heavy atom. The highest BCUT2D eigenvalue weighted by atomic mass is 19.2. The molecule has 1 aliphatic rings. The zero-order chi connectivity index (χ0) is 13.7. The van der Waals surface area contributed by atoms with Crippen LogP contribution in [0.4, 0.5) is 8.78 Å². The fraction of sp³-hybridized carbons (Fsp3) is 0.625. The highest BCUT2D eigenvalue weighted by Gasteiger charge is 2.28. The van der Waals surface area contributed by atoms with Crippen LogP contribution in [0.3, 0.4) is 0 Å². The molecule has 0 saturated heterocycles. The maximum absolute atomic E-state index is 14.0. The van der Waals surface area contributed by atoms with E-state index in [2.05, 4.69) is 12.2 Å². The van der Waals surface area contributed by atoms with Gasteiger partial charge in [0.05, 0.1) is 0 Å². The third kappa shape index (κ3) is 3.53. The van der Waals surface area contributed by atoms with Crippen LogP contribution < -0.4 is 5.32 Å². The lowest BCUT2D eigenvalue weighted by molar-refractivity contribution is 0.288. The second-order valence-electron chi connectivity index (χ2n) is 5.50. The number of rotatable bonds is 5. The van der Waals surface area contributed by atoms with Gasteiger partial charge >= 0.3 is 0 Å². The second kappa shape index (κ2) is 6.99. The summed E-state index contributed by atoms with van der Waals surface area (Å²) in [6.45, 7) is 4.04. The summed E-state index contributed by atoms with van der Waals surface area (Å²) in [5, 5.41) is 3.42. The Kier molecular flexibility index (Phi) is 5.32. The van der Waals surface area contributed by atoms with Gasteiger partial charge in [0, 0.05) is 0 Å². The smallest absolute Gasteiger partial charge is 0.162 e. The van der Waals surface area contributed by atoms with Crippen molar-refractivity contribution < 1.29 is 8.78 Å². The lowest BCUT2D eigenvalue weighted by Crippen LogP contribution is -2.30. The van der Waals surface area contributed by atoms with Gasteiger partial charge in [-0.15, -0.1) is 0 Å². The molecule has 1 N–H and O–H groups in total. The van der Waals surface area contributed by atoms with Crippen molar-refractivity contribution >= 4 is 0 Å². The van der Waals surface area contributed by atoms with Gasteiger partial charge in [0.15, 0.2) is 11.6 Å². The van der Waals surface area contributed by atoms with Crippen LogP contribution in [0, 0.1) is 17.6 Å². The minimum Gasteiger partial charge on any atom is -0.316 e. The average Bonchev–Trinajstić information content (AvgIpc) is 2.43. The zero-order valence-electron chi connectivity index (χ0n) is 11.6. The molecule has 0 radical (unpaired) electrons. The Bertz CT molecular complexity index is 406. The fourth-order valence-corrected chi connectivity index (χ4v) is 3.13. The summed E-state index contributed by atoms with van der Waals surface area (Å²) in [7, 11) is 0. The van der Waals surface area contributed by atoms with Crippen LogP contribution in [-0.2, 0) is 0 Å². The van der Waals surface area contributed by atoms with Crippen molar-refractivity contribution in [2.24, 2.45) is 5.92 Å². The van der Waals surface area contributed by atoms with E-state index >= 15 is 0 Å². The molecule has 2 rings (SSSR count). The summed E-state index contributed by atoms with van der Waals surface area (Å²) in [5.41, 5.74) is 0.572. The van der Waals surface area contributed by atoms with E-state index < -0.39 is 11.6 Å². The maximum Gasteiger partial charge on any atom is 0.162 e. The van der Waals surface area contributed by atoms with Crippen LogP contribution in [0.1, 0.15) is 50.5 Å². The molecule has 106 valence electrons. The molecule has 0 spiro atoms. The van der Waals surface area contributed by atoms with Crippen LogP contribution >= 0.6 is 0 Å². The summed E-state index contributed by atoms with van der Waals surface area (Å²) >= 11 is 0. The summed E-state index contributed by atoms with van der Waals surface area (Å²) < 4.78 is 27.3. The van der Waals surface area contributed by atoms with Crippen molar-refractivity contribution in [3.63, 3.8) is 0 Å². The fourth-order valence-electron chi connectivity index (χ4n) is 3.13. The van der Waals surface area contributed by atoms with Gasteiger partial charge in [0.1, 0.15) is 0 Å². The molecular weight excluding hydrogens is 244 g/mol. The lowest BCUT2D eigenvalue weighted by atomic mass is 9.75. The number of nitrogens with one attached hydrogen (secondary N) is 1. The van der Waals surface area contributed by atoms with Gasteiger partial charge in [-0.1, -0.05) is 31.9 Å². The van der Waals surface area contributed by atoms with Gasteiger partial charge in [-0.05, 0) is 55.8 Å². The summed E-state index contributed by atoms with van der Waals surface area (Å²) in [6, 6.07) is 4.58. The molecule has 19 heavy (non-hydrogen) atoms. The van der Waals surface area contributed by atoms with E-state index in [-0.39, 0.29) is 5.92 Å². The van der Waals surface area contributed by atoms with Gasteiger partial charge in [0.2, 0.25) is 0 Å². The molecular formula is C16H23F2N. The van der Waals surface area contributed by atoms with E-state index in [4.69, 9.17) is 0 Å². The molecule has 1 aromatic rings. The Hall–Kier alpha value is -0.960. The number of hydrogen-bond acceptors (Lipinski definition) is 1. The first-order valence-electron chi connectivity index (χ1n) is 7.38. The van der Waals surface area contributed by atoms with Gasteiger partial charge in [-0.3, -0.25) is 0 Å². The Morgan fingerprint density at radius 3 is 2.79 bits per heavy atom. The quantitative estimate of drug-likeness (QED) is 0.787. The third-order valence-corrected chi connectivity index (χ3v) is 4.12. The number of benzene rings is 1. The molecule has 2 atom stereocenters. The molecule has 0 heterocycles. The van der Waals surface area contributed by atoms with Gasteiger partial charge in [-0.25, -0.2) is 8.78 Å². The molecule has 1 saturated carbocycles. The Balaban J connectivity index is 2.12. The highest BCUT2D eigenvalue weighted by molar-refractivity contribution is 5.24. The first-order valence-corrected chi connectivity index (χ1v) is 7.38. The van der Waals surface area contributed by atoms with Crippen molar-refractivity contribution in [3.05, 3.63) is 35.4 Å². The van der Waals surface area contributed by atoms with Crippen molar-refractivity contribution in [1.29, 1.82) is 0 Å². The normalized spacial score (nSPS) is 23.5. The standard InChI is InChI=1S/C16H23F2N/c1-2-10-19-11-12-6-3-4-7-13(12)14-8-5-9-15(17)16(14)18/h5,8-9,12-13,19H,2-4,6-7,10-11H2,1H3. The summed E-state index contributed by atoms with van der Waals surface area (Å²) in [4.78, 5) is 0. The average molecular weight is 267 g/mol. The topological polar surface area (TPSA) is 12.0 Å². The molecule has 0 aliphatic heterocycles. The van der Waals surface area contributed by atoms with Crippen molar-refractivity contribution in [1.82, 2.24) is 5.32 Å². The number of halogens is 2. The molecule has 0 aromatic heterocycles. The SMILES string of the molecule is CCCNCC1CCCCC1c1cccc(F)c1F. The van der Waals surface area contributed by atoms with E-state index in [1.165, 1.54) is 12.5 Å². The highest BCUT2D eigenvalue weighted by Crippen LogP contribution is 2.38. The van der Waals surface area contributed by atoms with Gasteiger partial charge in [-0.2, -0.15) is 0 Å². The van der Waals surface area contributed by atoms with E-state index in [1.807, 2.05) is 0 Å². The largest absolute Gasteiger partial charge is 0.316 e. The van der Waals surface area contributed by atoms with Crippen molar-refractivity contribution in [3.8, 4) is 0 Å². The minimum atomic E-state index is -0.719. The van der Waals surface area contributed by atoms with Crippen LogP contribution in [-0.4, -0.2) is 13.1 Å². The summed E-state index contributed by atoms with van der Waals surface area (Å²) in [5.74, 6) is -0.774. The van der Waals surface area contributed by atoms with E-state index in [0.29, 0.717) is 11.5 Å². The third-order valence-electron chi connectivity index (χ3n) is 4.12. The van der Waals surface area contributed by atoms with Crippen molar-refractivity contribution in [2.45, 2.75) is 44.9 Å². The molecule has 1 aromatic carbocycles. The van der Waals surface area contributed by atoms with E-state index in [0.717, 1.165) is 38.8 Å². The predicted octanol–water partition coefficient (Wildman–Crippen LogP) is 4.24. The molecule has 3 heteroatoms. The minimum absolute atomic E-state index is 0.161. The maximum atomic E-state index is 14.0. The van der Waals surface area contributed by atoms with Crippen LogP contribution in [0.25, 0.3) is 0 Å². The molecule has 0 bridgehead atoms. The van der Waals surface area contributed by atoms with Gasteiger partial charge in [0.25, 0.3) is 0 Å². The van der Waals surface area contributed by atoms with E-state index in [1.54, 1.807) is 12.1 Å². The van der Waals surface area contributed by atoms with Crippen molar-refractivity contribution in [2.75, 3.05) is 13.1 Å². The Morgan fingerprint density at radius 1 is 1.21 bits per heavy atom. The molecule has 1 nitrogen and oxygen atoms in total. The second-order valence-corrected chi connectivity index (χ2v) is 5.50. The molecule has 2 unspecified atom stereocenters. The molecule has 1 aliphatic carbocycles. The first kappa shape index (κ1) is 14.4. The number of hydrogen-bond donors (Lipinski definition) is 1.